The van der Waals surface area contributed by atoms with Crippen molar-refractivity contribution < 1.29 is 4.74 Å². The van der Waals surface area contributed by atoms with Crippen LogP contribution in [0.1, 0.15) is 44.5 Å². The molecule has 90 valence electrons. The molecule has 0 aromatic carbocycles. The van der Waals surface area contributed by atoms with Gasteiger partial charge >= 0.3 is 0 Å². The number of aromatic nitrogens is 2. The fraction of sp³-hybridized carbons (Fsp3) is 0.750. The van der Waals surface area contributed by atoms with Crippen LogP contribution in [-0.2, 0) is 4.74 Å². The van der Waals surface area contributed by atoms with Crippen LogP contribution in [0.2, 0.25) is 0 Å². The third-order valence-corrected chi connectivity index (χ3v) is 3.27. The van der Waals surface area contributed by atoms with E-state index in [1.54, 1.807) is 0 Å². The van der Waals surface area contributed by atoms with Crippen molar-refractivity contribution in [1.82, 2.24) is 14.9 Å². The van der Waals surface area contributed by atoms with E-state index in [-0.39, 0.29) is 6.10 Å². The average molecular weight is 223 g/mol. The second kappa shape index (κ2) is 4.97. The molecule has 2 atom stereocenters. The summed E-state index contributed by atoms with van der Waals surface area (Å²) in [5.74, 6) is 0. The molecule has 0 spiro atoms. The number of ether oxygens (including phenoxy) is 1. The van der Waals surface area contributed by atoms with Gasteiger partial charge in [0.15, 0.2) is 0 Å². The first-order valence-electron chi connectivity index (χ1n) is 6.03. The van der Waals surface area contributed by atoms with Crippen molar-refractivity contribution in [2.45, 2.75) is 44.9 Å². The molecule has 0 bridgehead atoms. The zero-order chi connectivity index (χ0) is 11.5. The second-order valence-corrected chi connectivity index (χ2v) is 4.69. The van der Waals surface area contributed by atoms with Gasteiger partial charge in [0.05, 0.1) is 18.2 Å². The van der Waals surface area contributed by atoms with Crippen molar-refractivity contribution in [3.05, 3.63) is 18.2 Å². The lowest BCUT2D eigenvalue weighted by Gasteiger charge is -2.30. The standard InChI is InChI=1S/C12H21N3O/c1-9(2)15-8-14-7-11(15)12-6-10(13-3)4-5-16-12/h7-10,12-13H,4-6H2,1-3H3. The lowest BCUT2D eigenvalue weighted by atomic mass is 10.0. The molecule has 16 heavy (non-hydrogen) atoms. The Morgan fingerprint density at radius 3 is 3.06 bits per heavy atom. The number of imidazole rings is 1. The number of rotatable bonds is 3. The van der Waals surface area contributed by atoms with Gasteiger partial charge in [0.25, 0.3) is 0 Å². The van der Waals surface area contributed by atoms with Gasteiger partial charge in [-0.05, 0) is 33.7 Å². The molecule has 1 aromatic heterocycles. The molecule has 1 aliphatic heterocycles. The highest BCUT2D eigenvalue weighted by Crippen LogP contribution is 2.29. The minimum absolute atomic E-state index is 0.191. The molecule has 1 N–H and O–H groups in total. The Hall–Kier alpha value is -0.870. The summed E-state index contributed by atoms with van der Waals surface area (Å²) in [7, 11) is 2.02. The van der Waals surface area contributed by atoms with E-state index in [1.807, 2.05) is 19.6 Å². The van der Waals surface area contributed by atoms with Gasteiger partial charge in [-0.2, -0.15) is 0 Å². The van der Waals surface area contributed by atoms with E-state index in [0.29, 0.717) is 12.1 Å². The first kappa shape index (κ1) is 11.6. The third kappa shape index (κ3) is 2.28. The van der Waals surface area contributed by atoms with Gasteiger partial charge in [-0.15, -0.1) is 0 Å². The molecule has 0 saturated carbocycles. The molecule has 1 aromatic rings. The molecular formula is C12H21N3O. The fourth-order valence-electron chi connectivity index (χ4n) is 2.26. The van der Waals surface area contributed by atoms with E-state index in [0.717, 1.165) is 19.4 Å². The van der Waals surface area contributed by atoms with Crippen LogP contribution in [0.15, 0.2) is 12.5 Å². The van der Waals surface area contributed by atoms with Crippen LogP contribution in [0.4, 0.5) is 0 Å². The van der Waals surface area contributed by atoms with Crippen molar-refractivity contribution >= 4 is 0 Å². The summed E-state index contributed by atoms with van der Waals surface area (Å²) in [4.78, 5) is 4.23. The zero-order valence-corrected chi connectivity index (χ0v) is 10.3. The van der Waals surface area contributed by atoms with Crippen molar-refractivity contribution in [3.8, 4) is 0 Å². The monoisotopic (exact) mass is 223 g/mol. The van der Waals surface area contributed by atoms with Gasteiger partial charge in [-0.25, -0.2) is 4.98 Å². The summed E-state index contributed by atoms with van der Waals surface area (Å²) in [6.07, 6.45) is 6.16. The Kier molecular flexibility index (Phi) is 3.61. The highest BCUT2D eigenvalue weighted by Gasteiger charge is 2.25. The second-order valence-electron chi connectivity index (χ2n) is 4.69. The Bertz CT molecular complexity index is 335. The van der Waals surface area contributed by atoms with E-state index in [1.165, 1.54) is 5.69 Å². The molecule has 0 radical (unpaired) electrons. The van der Waals surface area contributed by atoms with Crippen LogP contribution in [0.5, 0.6) is 0 Å². The summed E-state index contributed by atoms with van der Waals surface area (Å²) in [5.41, 5.74) is 1.20. The molecule has 2 heterocycles. The lowest BCUT2D eigenvalue weighted by molar-refractivity contribution is -0.00342. The van der Waals surface area contributed by atoms with E-state index < -0.39 is 0 Å². The van der Waals surface area contributed by atoms with Crippen molar-refractivity contribution in [2.24, 2.45) is 0 Å². The molecule has 0 aliphatic carbocycles. The summed E-state index contributed by atoms with van der Waals surface area (Å²) in [5, 5.41) is 3.33. The molecule has 4 nitrogen and oxygen atoms in total. The lowest BCUT2D eigenvalue weighted by Crippen LogP contribution is -2.34. The smallest absolute Gasteiger partial charge is 0.101 e. The Morgan fingerprint density at radius 1 is 1.56 bits per heavy atom. The number of nitrogens with one attached hydrogen (secondary N) is 1. The number of nitrogens with zero attached hydrogens (tertiary/aromatic N) is 2. The van der Waals surface area contributed by atoms with E-state index in [2.05, 4.69) is 28.7 Å². The predicted octanol–water partition coefficient (Wildman–Crippen LogP) is 1.90. The van der Waals surface area contributed by atoms with Gasteiger partial charge in [0.1, 0.15) is 6.10 Å². The summed E-state index contributed by atoms with van der Waals surface area (Å²) < 4.78 is 8.04. The minimum Gasteiger partial charge on any atom is -0.372 e. The van der Waals surface area contributed by atoms with E-state index >= 15 is 0 Å². The maximum atomic E-state index is 5.84. The van der Waals surface area contributed by atoms with Crippen LogP contribution >= 0.6 is 0 Å². The van der Waals surface area contributed by atoms with Gasteiger partial charge in [-0.3, -0.25) is 0 Å². The molecule has 1 saturated heterocycles. The van der Waals surface area contributed by atoms with Crippen LogP contribution < -0.4 is 5.32 Å². The number of hydrogen-bond donors (Lipinski definition) is 1. The molecule has 2 unspecified atom stereocenters. The van der Waals surface area contributed by atoms with Crippen molar-refractivity contribution in [3.63, 3.8) is 0 Å². The highest BCUT2D eigenvalue weighted by molar-refractivity contribution is 5.06. The third-order valence-electron chi connectivity index (χ3n) is 3.27. The Morgan fingerprint density at radius 2 is 2.38 bits per heavy atom. The van der Waals surface area contributed by atoms with E-state index in [9.17, 15) is 0 Å². The molecule has 1 aliphatic rings. The average Bonchev–Trinajstić information content (AvgIpc) is 2.78. The van der Waals surface area contributed by atoms with Crippen LogP contribution in [-0.4, -0.2) is 29.2 Å². The largest absolute Gasteiger partial charge is 0.372 e. The summed E-state index contributed by atoms with van der Waals surface area (Å²) >= 11 is 0. The van der Waals surface area contributed by atoms with Crippen LogP contribution in [0, 0.1) is 0 Å². The predicted molar refractivity (Wildman–Crippen MR) is 63.4 cm³/mol. The van der Waals surface area contributed by atoms with Crippen molar-refractivity contribution in [1.29, 1.82) is 0 Å². The van der Waals surface area contributed by atoms with Crippen molar-refractivity contribution in [2.75, 3.05) is 13.7 Å². The van der Waals surface area contributed by atoms with Crippen LogP contribution in [0.25, 0.3) is 0 Å². The SMILES string of the molecule is CNC1CCOC(c2cncn2C(C)C)C1. The first-order valence-corrected chi connectivity index (χ1v) is 6.03. The molecule has 0 amide bonds. The van der Waals surface area contributed by atoms with Crippen LogP contribution in [0.3, 0.4) is 0 Å². The normalized spacial score (nSPS) is 26.2. The maximum Gasteiger partial charge on any atom is 0.101 e. The topological polar surface area (TPSA) is 39.1 Å². The Balaban J connectivity index is 2.13. The first-order chi connectivity index (χ1) is 7.72. The van der Waals surface area contributed by atoms with Gasteiger partial charge in [-0.1, -0.05) is 0 Å². The zero-order valence-electron chi connectivity index (χ0n) is 10.3. The minimum atomic E-state index is 0.191. The highest BCUT2D eigenvalue weighted by atomic mass is 16.5. The quantitative estimate of drug-likeness (QED) is 0.850. The molecule has 4 heteroatoms. The fourth-order valence-corrected chi connectivity index (χ4v) is 2.26. The number of hydrogen-bond acceptors (Lipinski definition) is 3. The molecule has 1 fully saturated rings. The van der Waals surface area contributed by atoms with E-state index in [4.69, 9.17) is 4.74 Å². The van der Waals surface area contributed by atoms with Gasteiger partial charge in [0.2, 0.25) is 0 Å². The molecule has 2 rings (SSSR count). The van der Waals surface area contributed by atoms with Gasteiger partial charge < -0.3 is 14.6 Å². The maximum absolute atomic E-state index is 5.84. The Labute approximate surface area is 97.0 Å². The van der Waals surface area contributed by atoms with Gasteiger partial charge in [0, 0.05) is 18.7 Å². The summed E-state index contributed by atoms with van der Waals surface area (Å²) in [6.45, 7) is 5.17. The molecular weight excluding hydrogens is 202 g/mol. The summed E-state index contributed by atoms with van der Waals surface area (Å²) in [6, 6.07) is 1.00.